The number of halogens is 1. The van der Waals surface area contributed by atoms with E-state index in [1.807, 2.05) is 42.3 Å². The highest BCUT2D eigenvalue weighted by Crippen LogP contribution is 2.27. The predicted molar refractivity (Wildman–Crippen MR) is 121 cm³/mol. The Hall–Kier alpha value is -2.97. The molecular weight excluding hydrogens is 416 g/mol. The number of amides is 1. The molecule has 0 saturated heterocycles. The quantitative estimate of drug-likeness (QED) is 0.455. The van der Waals surface area contributed by atoms with Gasteiger partial charge in [-0.25, -0.2) is 0 Å². The number of ether oxygens (including phenoxy) is 1. The molecule has 0 radical (unpaired) electrons. The van der Waals surface area contributed by atoms with Crippen LogP contribution in [0, 0.1) is 0 Å². The molecule has 2 aromatic carbocycles. The smallest absolute Gasteiger partial charge is 0.238 e. The zero-order valence-electron chi connectivity index (χ0n) is 17.8. The topological polar surface area (TPSA) is 85.2 Å². The molecule has 3 rings (SSSR count). The van der Waals surface area contributed by atoms with Crippen LogP contribution in [0.25, 0.3) is 11.4 Å². The molecule has 0 bridgehead atoms. The van der Waals surface area contributed by atoms with E-state index < -0.39 is 0 Å². The summed E-state index contributed by atoms with van der Waals surface area (Å²) in [7, 11) is 3.49. The third-order valence-corrected chi connectivity index (χ3v) is 4.97. The van der Waals surface area contributed by atoms with Gasteiger partial charge in [0.2, 0.25) is 11.7 Å². The molecule has 0 saturated carbocycles. The van der Waals surface area contributed by atoms with Crippen LogP contribution in [0.4, 0.5) is 5.69 Å². The van der Waals surface area contributed by atoms with Gasteiger partial charge >= 0.3 is 0 Å². The van der Waals surface area contributed by atoms with Crippen molar-refractivity contribution in [1.82, 2.24) is 25.1 Å². The molecule has 1 heterocycles. The Kier molecular flexibility index (Phi) is 8.37. The van der Waals surface area contributed by atoms with Crippen LogP contribution >= 0.6 is 11.6 Å². The Bertz CT molecular complexity index is 979. The number of methoxy groups -OCH3 is 1. The van der Waals surface area contributed by atoms with E-state index in [9.17, 15) is 4.79 Å². The molecule has 0 aliphatic carbocycles. The van der Waals surface area contributed by atoms with Gasteiger partial charge in [0.1, 0.15) is 5.75 Å². The highest BCUT2D eigenvalue weighted by Gasteiger charge is 2.11. The Morgan fingerprint density at radius 1 is 1.16 bits per heavy atom. The van der Waals surface area contributed by atoms with Gasteiger partial charge in [-0.2, -0.15) is 4.80 Å². The number of carbonyl (C=O) groups excluding carboxylic acids is 1. The van der Waals surface area contributed by atoms with Gasteiger partial charge in [0.25, 0.3) is 0 Å². The number of likely N-dealkylation sites (N-methyl/N-ethyl adjacent to an activating group) is 1. The molecule has 0 aliphatic heterocycles. The first-order valence-electron chi connectivity index (χ1n) is 10.2. The molecule has 0 spiro atoms. The van der Waals surface area contributed by atoms with Crippen LogP contribution in [0.2, 0.25) is 5.02 Å². The zero-order chi connectivity index (χ0) is 22.1. The van der Waals surface area contributed by atoms with Crippen LogP contribution in [0.15, 0.2) is 48.5 Å². The van der Waals surface area contributed by atoms with E-state index in [1.165, 1.54) is 0 Å². The summed E-state index contributed by atoms with van der Waals surface area (Å²) in [4.78, 5) is 15.9. The van der Waals surface area contributed by atoms with Crippen molar-refractivity contribution in [2.75, 3.05) is 32.6 Å². The average molecular weight is 443 g/mol. The third kappa shape index (κ3) is 7.04. The fourth-order valence-electron chi connectivity index (χ4n) is 3.14. The molecule has 0 fully saturated rings. The number of anilines is 1. The largest absolute Gasteiger partial charge is 0.495 e. The number of aryl methyl sites for hydroxylation is 1. The molecular formula is C22H27ClN6O2. The summed E-state index contributed by atoms with van der Waals surface area (Å²) >= 11 is 6.01. The average Bonchev–Trinajstić information content (AvgIpc) is 3.23. The number of nitrogens with one attached hydrogen (secondary N) is 1. The van der Waals surface area contributed by atoms with Crippen molar-refractivity contribution in [1.29, 1.82) is 0 Å². The summed E-state index contributed by atoms with van der Waals surface area (Å²) in [6.45, 7) is 1.83. The van der Waals surface area contributed by atoms with Gasteiger partial charge in [0, 0.05) is 10.6 Å². The van der Waals surface area contributed by atoms with Gasteiger partial charge in [0.15, 0.2) is 0 Å². The standard InChI is InChI=1S/C22H27ClN6O2/c1-28(16-21(30)24-19-15-18(23)11-12-20(19)31-2)13-7-4-8-14-29-26-22(25-27-29)17-9-5-3-6-10-17/h3,5-6,9-12,15H,4,7-8,13-14,16H2,1-2H3,(H,24,30). The van der Waals surface area contributed by atoms with Crippen molar-refractivity contribution in [2.24, 2.45) is 0 Å². The third-order valence-electron chi connectivity index (χ3n) is 4.73. The second-order valence-corrected chi connectivity index (χ2v) is 7.70. The molecule has 1 aromatic heterocycles. The van der Waals surface area contributed by atoms with E-state index in [0.29, 0.717) is 28.8 Å². The van der Waals surface area contributed by atoms with Crippen molar-refractivity contribution >= 4 is 23.2 Å². The fourth-order valence-corrected chi connectivity index (χ4v) is 3.32. The van der Waals surface area contributed by atoms with Gasteiger partial charge < -0.3 is 10.1 Å². The maximum absolute atomic E-state index is 12.3. The normalized spacial score (nSPS) is 11.0. The van der Waals surface area contributed by atoms with Gasteiger partial charge in [-0.05, 0) is 49.8 Å². The second-order valence-electron chi connectivity index (χ2n) is 7.27. The van der Waals surface area contributed by atoms with E-state index in [-0.39, 0.29) is 5.91 Å². The van der Waals surface area contributed by atoms with Crippen LogP contribution in [-0.4, -0.2) is 58.3 Å². The Morgan fingerprint density at radius 2 is 1.97 bits per heavy atom. The lowest BCUT2D eigenvalue weighted by atomic mass is 10.2. The molecule has 9 heteroatoms. The first-order chi connectivity index (χ1) is 15.0. The van der Waals surface area contributed by atoms with Gasteiger partial charge in [0.05, 0.1) is 25.9 Å². The number of tetrazole rings is 1. The van der Waals surface area contributed by atoms with Crippen LogP contribution in [0.1, 0.15) is 19.3 Å². The lowest BCUT2D eigenvalue weighted by Crippen LogP contribution is -2.31. The van der Waals surface area contributed by atoms with Crippen LogP contribution in [-0.2, 0) is 11.3 Å². The lowest BCUT2D eigenvalue weighted by Gasteiger charge is -2.17. The predicted octanol–water partition coefficient (Wildman–Crippen LogP) is 3.74. The fraction of sp³-hybridized carbons (Fsp3) is 0.364. The lowest BCUT2D eigenvalue weighted by molar-refractivity contribution is -0.117. The minimum absolute atomic E-state index is 0.108. The molecule has 1 amide bonds. The van der Waals surface area contributed by atoms with Gasteiger partial charge in [-0.1, -0.05) is 48.4 Å². The monoisotopic (exact) mass is 442 g/mol. The summed E-state index contributed by atoms with van der Waals surface area (Å²) < 4.78 is 5.26. The number of hydrogen-bond donors (Lipinski definition) is 1. The van der Waals surface area contributed by atoms with Crippen LogP contribution in [0.5, 0.6) is 5.75 Å². The van der Waals surface area contributed by atoms with Crippen molar-refractivity contribution in [3.05, 3.63) is 53.6 Å². The van der Waals surface area contributed by atoms with Gasteiger partial charge in [-0.3, -0.25) is 9.69 Å². The number of unbranched alkanes of at least 4 members (excludes halogenated alkanes) is 2. The Morgan fingerprint density at radius 3 is 2.74 bits per heavy atom. The second kappa shape index (κ2) is 11.4. The number of benzene rings is 2. The maximum Gasteiger partial charge on any atom is 0.238 e. The highest BCUT2D eigenvalue weighted by atomic mass is 35.5. The molecule has 0 atom stereocenters. The molecule has 8 nitrogen and oxygen atoms in total. The van der Waals surface area contributed by atoms with Crippen molar-refractivity contribution in [3.8, 4) is 17.1 Å². The summed E-state index contributed by atoms with van der Waals surface area (Å²) in [6.07, 6.45) is 2.94. The number of nitrogens with zero attached hydrogens (tertiary/aromatic N) is 5. The summed E-state index contributed by atoms with van der Waals surface area (Å²) in [5, 5.41) is 16.1. The summed E-state index contributed by atoms with van der Waals surface area (Å²) in [5.41, 5.74) is 1.53. The van der Waals surface area contributed by atoms with E-state index in [1.54, 1.807) is 30.1 Å². The zero-order valence-corrected chi connectivity index (χ0v) is 18.5. The molecule has 31 heavy (non-hydrogen) atoms. The number of rotatable bonds is 11. The molecule has 0 aliphatic rings. The first kappa shape index (κ1) is 22.7. The van der Waals surface area contributed by atoms with E-state index >= 15 is 0 Å². The maximum atomic E-state index is 12.3. The summed E-state index contributed by atoms with van der Waals surface area (Å²) in [6, 6.07) is 14.9. The van der Waals surface area contributed by atoms with E-state index in [0.717, 1.165) is 37.9 Å². The molecule has 0 unspecified atom stereocenters. The molecule has 164 valence electrons. The Balaban J connectivity index is 1.34. The number of hydrogen-bond acceptors (Lipinski definition) is 6. The van der Waals surface area contributed by atoms with Crippen LogP contribution in [0.3, 0.4) is 0 Å². The minimum atomic E-state index is -0.108. The van der Waals surface area contributed by atoms with E-state index in [4.69, 9.17) is 16.3 Å². The van der Waals surface area contributed by atoms with Crippen molar-refractivity contribution in [3.63, 3.8) is 0 Å². The Labute approximate surface area is 187 Å². The SMILES string of the molecule is COc1ccc(Cl)cc1NC(=O)CN(C)CCCCCn1nnc(-c2ccccc2)n1. The van der Waals surface area contributed by atoms with Gasteiger partial charge in [-0.15, -0.1) is 10.2 Å². The number of aromatic nitrogens is 4. The minimum Gasteiger partial charge on any atom is -0.495 e. The van der Waals surface area contributed by atoms with E-state index in [2.05, 4.69) is 20.7 Å². The highest BCUT2D eigenvalue weighted by molar-refractivity contribution is 6.31. The summed E-state index contributed by atoms with van der Waals surface area (Å²) in [5.74, 6) is 1.11. The number of carbonyl (C=O) groups is 1. The first-order valence-corrected chi connectivity index (χ1v) is 10.6. The van der Waals surface area contributed by atoms with Crippen molar-refractivity contribution < 1.29 is 9.53 Å². The van der Waals surface area contributed by atoms with Crippen LogP contribution < -0.4 is 10.1 Å². The molecule has 1 N–H and O–H groups in total. The van der Waals surface area contributed by atoms with Crippen molar-refractivity contribution in [2.45, 2.75) is 25.8 Å². The molecule has 3 aromatic rings.